The quantitative estimate of drug-likeness (QED) is 0.184. The van der Waals surface area contributed by atoms with Gasteiger partial charge in [0.05, 0.1) is 0 Å². The molecule has 5 heteroatoms. The highest BCUT2D eigenvalue weighted by Gasteiger charge is 2.29. The van der Waals surface area contributed by atoms with Crippen LogP contribution in [0.3, 0.4) is 0 Å². The van der Waals surface area contributed by atoms with Gasteiger partial charge in [-0.3, -0.25) is 5.32 Å². The lowest BCUT2D eigenvalue weighted by molar-refractivity contribution is 0.411. The van der Waals surface area contributed by atoms with E-state index in [0.717, 1.165) is 88.5 Å². The Balaban J connectivity index is 1.07. The first-order chi connectivity index (χ1) is 28.7. The van der Waals surface area contributed by atoms with Crippen molar-refractivity contribution < 1.29 is 8.83 Å². The number of furan rings is 2. The van der Waals surface area contributed by atoms with Crippen LogP contribution in [0, 0.1) is 0 Å². The molecular weight excluding hydrogens is 711 g/mol. The molecule has 0 radical (unpaired) electrons. The molecule has 274 valence electrons. The zero-order valence-corrected chi connectivity index (χ0v) is 31.3. The van der Waals surface area contributed by atoms with Gasteiger partial charge in [-0.15, -0.1) is 0 Å². The van der Waals surface area contributed by atoms with Gasteiger partial charge in [0.15, 0.2) is 0 Å². The molecule has 58 heavy (non-hydrogen) atoms. The van der Waals surface area contributed by atoms with Crippen LogP contribution in [-0.2, 0) is 0 Å². The first kappa shape index (κ1) is 32.7. The van der Waals surface area contributed by atoms with Crippen LogP contribution in [0.4, 0.5) is 0 Å². The van der Waals surface area contributed by atoms with E-state index < -0.39 is 0 Å². The van der Waals surface area contributed by atoms with E-state index in [4.69, 9.17) is 13.8 Å². The molecule has 0 fully saturated rings. The zero-order chi connectivity index (χ0) is 38.2. The van der Waals surface area contributed by atoms with Gasteiger partial charge >= 0.3 is 0 Å². The highest BCUT2D eigenvalue weighted by Crippen LogP contribution is 2.42. The second kappa shape index (κ2) is 13.1. The van der Waals surface area contributed by atoms with Crippen molar-refractivity contribution in [3.63, 3.8) is 0 Å². The van der Waals surface area contributed by atoms with E-state index in [9.17, 15) is 0 Å². The SMILES string of the molecule is c1ccc(-c2ccc(C3=NC(c4ccc5oc6ccccc6c5c4)NC(c4cc(-c5cccc6ccccc56)cc5oc6cc7ccccc7cc6c45)N3)cc2)cc1. The molecule has 2 aromatic heterocycles. The van der Waals surface area contributed by atoms with E-state index in [1.165, 1.54) is 21.7 Å². The van der Waals surface area contributed by atoms with Crippen LogP contribution in [0.5, 0.6) is 0 Å². The summed E-state index contributed by atoms with van der Waals surface area (Å²) >= 11 is 0. The van der Waals surface area contributed by atoms with Crippen molar-refractivity contribution in [3.05, 3.63) is 205 Å². The second-order valence-electron chi connectivity index (χ2n) is 15.2. The van der Waals surface area contributed by atoms with Crippen LogP contribution in [0.25, 0.3) is 87.7 Å². The van der Waals surface area contributed by atoms with E-state index in [-0.39, 0.29) is 12.3 Å². The zero-order valence-electron chi connectivity index (χ0n) is 31.3. The molecule has 1 aliphatic heterocycles. The summed E-state index contributed by atoms with van der Waals surface area (Å²) in [6.45, 7) is 0. The van der Waals surface area contributed by atoms with Crippen LogP contribution >= 0.6 is 0 Å². The van der Waals surface area contributed by atoms with Crippen molar-refractivity contribution in [2.24, 2.45) is 4.99 Å². The summed E-state index contributed by atoms with van der Waals surface area (Å²) in [6.07, 6.45) is -0.712. The maximum atomic E-state index is 6.83. The molecule has 0 spiro atoms. The van der Waals surface area contributed by atoms with Gasteiger partial charge in [-0.05, 0) is 91.8 Å². The van der Waals surface area contributed by atoms with E-state index in [2.05, 4.69) is 180 Å². The number of hydrogen-bond acceptors (Lipinski definition) is 5. The first-order valence-corrected chi connectivity index (χ1v) is 19.7. The Morgan fingerprint density at radius 3 is 1.95 bits per heavy atom. The molecule has 2 atom stereocenters. The standard InChI is InChI=1S/C53H35N3O2/c1-2-11-32(12-3-1)33-21-23-35(24-22-33)51-54-52(38-25-26-47-43(28-38)42-18-8-9-20-46(42)57-47)56-53(55-51)45-29-39(41-19-10-16-34-13-6-7-17-40(34)41)31-49-50(45)44-27-36-14-4-5-15-37(36)30-48(44)58-49/h1-31,52-53,56H,(H,54,55). The van der Waals surface area contributed by atoms with Crippen LogP contribution in [0.1, 0.15) is 29.0 Å². The molecule has 12 rings (SSSR count). The summed E-state index contributed by atoms with van der Waals surface area (Å²) in [4.78, 5) is 5.40. The topological polar surface area (TPSA) is 62.7 Å². The van der Waals surface area contributed by atoms with Gasteiger partial charge in [0, 0.05) is 32.7 Å². The van der Waals surface area contributed by atoms with Crippen LogP contribution < -0.4 is 10.6 Å². The molecule has 2 unspecified atom stereocenters. The number of amidine groups is 1. The van der Waals surface area contributed by atoms with Crippen LogP contribution in [-0.4, -0.2) is 5.84 Å². The van der Waals surface area contributed by atoms with E-state index in [0.29, 0.717) is 0 Å². The minimum Gasteiger partial charge on any atom is -0.456 e. The molecule has 0 aliphatic carbocycles. The lowest BCUT2D eigenvalue weighted by Gasteiger charge is -2.33. The van der Waals surface area contributed by atoms with Gasteiger partial charge in [0.25, 0.3) is 0 Å². The summed E-state index contributed by atoms with van der Waals surface area (Å²) in [5, 5.41) is 16.9. The average molecular weight is 746 g/mol. The minimum atomic E-state index is -0.372. The fourth-order valence-corrected chi connectivity index (χ4v) is 8.88. The number of nitrogens with zero attached hydrogens (tertiary/aromatic N) is 1. The highest BCUT2D eigenvalue weighted by molar-refractivity contribution is 6.13. The van der Waals surface area contributed by atoms with Crippen molar-refractivity contribution in [2.75, 3.05) is 0 Å². The van der Waals surface area contributed by atoms with E-state index in [1.54, 1.807) is 0 Å². The van der Waals surface area contributed by atoms with Crippen molar-refractivity contribution in [1.82, 2.24) is 10.6 Å². The first-order valence-electron chi connectivity index (χ1n) is 19.7. The predicted octanol–water partition coefficient (Wildman–Crippen LogP) is 13.5. The Labute approximate surface area is 333 Å². The minimum absolute atomic E-state index is 0.340. The van der Waals surface area contributed by atoms with Crippen LogP contribution in [0.2, 0.25) is 0 Å². The lowest BCUT2D eigenvalue weighted by Crippen LogP contribution is -2.45. The molecule has 2 N–H and O–H groups in total. The smallest absolute Gasteiger partial charge is 0.136 e. The number of para-hydroxylation sites is 1. The van der Waals surface area contributed by atoms with E-state index >= 15 is 0 Å². The Hall–Kier alpha value is -7.47. The van der Waals surface area contributed by atoms with Gasteiger partial charge < -0.3 is 14.2 Å². The maximum Gasteiger partial charge on any atom is 0.136 e. The Bertz CT molecular complexity index is 3410. The molecule has 0 saturated heterocycles. The summed E-state index contributed by atoms with van der Waals surface area (Å²) in [6, 6.07) is 66.4. The number of aliphatic imine (C=N–C) groups is 1. The normalized spacial score (nSPS) is 15.8. The Morgan fingerprint density at radius 2 is 1.09 bits per heavy atom. The van der Waals surface area contributed by atoms with Crippen molar-refractivity contribution in [1.29, 1.82) is 0 Å². The summed E-state index contributed by atoms with van der Waals surface area (Å²) in [5.41, 5.74) is 11.2. The largest absolute Gasteiger partial charge is 0.456 e. The molecule has 11 aromatic rings. The van der Waals surface area contributed by atoms with Crippen molar-refractivity contribution in [3.8, 4) is 22.3 Å². The third-order valence-corrected chi connectivity index (χ3v) is 11.7. The Morgan fingerprint density at radius 1 is 0.414 bits per heavy atom. The van der Waals surface area contributed by atoms with Crippen molar-refractivity contribution >= 4 is 71.3 Å². The molecular formula is C53H35N3O2. The van der Waals surface area contributed by atoms with Gasteiger partial charge in [-0.2, -0.15) is 0 Å². The molecule has 0 saturated carbocycles. The predicted molar refractivity (Wildman–Crippen MR) is 238 cm³/mol. The third-order valence-electron chi connectivity index (χ3n) is 11.7. The van der Waals surface area contributed by atoms with E-state index in [1.807, 2.05) is 18.2 Å². The fraction of sp³-hybridized carbons (Fsp3) is 0.0377. The second-order valence-corrected chi connectivity index (χ2v) is 15.2. The summed E-state index contributed by atoms with van der Waals surface area (Å²) in [5.74, 6) is 0.812. The van der Waals surface area contributed by atoms with Crippen molar-refractivity contribution in [2.45, 2.75) is 12.3 Å². The Kier molecular flexibility index (Phi) is 7.37. The van der Waals surface area contributed by atoms with Gasteiger partial charge in [0.1, 0.15) is 40.5 Å². The molecule has 0 amide bonds. The molecule has 1 aliphatic rings. The number of rotatable bonds is 5. The van der Waals surface area contributed by atoms with Gasteiger partial charge in [-0.25, -0.2) is 4.99 Å². The van der Waals surface area contributed by atoms with Gasteiger partial charge in [0.2, 0.25) is 0 Å². The maximum absolute atomic E-state index is 6.83. The molecule has 3 heterocycles. The summed E-state index contributed by atoms with van der Waals surface area (Å²) < 4.78 is 13.1. The molecule has 9 aromatic carbocycles. The monoisotopic (exact) mass is 745 g/mol. The third kappa shape index (κ3) is 5.40. The number of hydrogen-bond donors (Lipinski definition) is 2. The molecule has 0 bridgehead atoms. The number of benzene rings is 9. The number of nitrogens with one attached hydrogen (secondary N) is 2. The number of fused-ring (bicyclic) bond motifs is 8. The average Bonchev–Trinajstić information content (AvgIpc) is 3.85. The molecule has 5 nitrogen and oxygen atoms in total. The highest BCUT2D eigenvalue weighted by atomic mass is 16.3. The summed E-state index contributed by atoms with van der Waals surface area (Å²) in [7, 11) is 0. The lowest BCUT2D eigenvalue weighted by atomic mass is 9.93. The fourth-order valence-electron chi connectivity index (χ4n) is 8.88. The van der Waals surface area contributed by atoms with Gasteiger partial charge in [-0.1, -0.05) is 146 Å². The van der Waals surface area contributed by atoms with Crippen LogP contribution in [0.15, 0.2) is 202 Å².